The van der Waals surface area contributed by atoms with Gasteiger partial charge in [-0.15, -0.1) is 0 Å². The molecule has 0 bridgehead atoms. The van der Waals surface area contributed by atoms with E-state index in [2.05, 4.69) is 10.5 Å². The molecular weight excluding hydrogens is 308 g/mol. The van der Waals surface area contributed by atoms with Crippen LogP contribution in [0.1, 0.15) is 40.2 Å². The van der Waals surface area contributed by atoms with E-state index < -0.39 is 11.9 Å². The van der Waals surface area contributed by atoms with Gasteiger partial charge in [0.05, 0.1) is 5.92 Å². The molecule has 24 heavy (non-hydrogen) atoms. The number of rotatable bonds is 6. The number of hydrogen-bond donors (Lipinski definition) is 2. The number of aliphatic carboxylic acids is 1. The molecule has 0 fully saturated rings. The molecule has 6 nitrogen and oxygen atoms in total. The monoisotopic (exact) mass is 328 g/mol. The minimum absolute atomic E-state index is 0.0602. The van der Waals surface area contributed by atoms with Gasteiger partial charge in [0.25, 0.3) is 5.91 Å². The molecule has 0 spiro atoms. The van der Waals surface area contributed by atoms with Crippen LogP contribution in [-0.2, 0) is 24.1 Å². The maximum Gasteiger partial charge on any atom is 0.308 e. The van der Waals surface area contributed by atoms with Gasteiger partial charge in [0.15, 0.2) is 5.69 Å². The summed E-state index contributed by atoms with van der Waals surface area (Å²) in [6, 6.07) is 9.38. The van der Waals surface area contributed by atoms with Crippen molar-refractivity contribution in [2.24, 2.45) is 5.92 Å². The van der Waals surface area contributed by atoms with E-state index in [0.717, 1.165) is 42.6 Å². The van der Waals surface area contributed by atoms with Gasteiger partial charge in [0.2, 0.25) is 0 Å². The van der Waals surface area contributed by atoms with Crippen LogP contribution in [0.5, 0.6) is 0 Å². The molecule has 1 amide bonds. The summed E-state index contributed by atoms with van der Waals surface area (Å²) >= 11 is 0. The Morgan fingerprint density at radius 3 is 2.71 bits per heavy atom. The Morgan fingerprint density at radius 1 is 1.21 bits per heavy atom. The molecule has 1 aromatic carbocycles. The van der Waals surface area contributed by atoms with Crippen LogP contribution >= 0.6 is 0 Å². The average Bonchev–Trinajstić information content (AvgIpc) is 3.03. The van der Waals surface area contributed by atoms with Crippen LogP contribution in [0, 0.1) is 5.92 Å². The SMILES string of the molecule is O=C(NCC(Cc1ccccc1)C(=O)O)c1noc2c1CCCC2. The van der Waals surface area contributed by atoms with E-state index in [-0.39, 0.29) is 12.5 Å². The lowest BCUT2D eigenvalue weighted by Gasteiger charge is -2.14. The first-order valence-corrected chi connectivity index (χ1v) is 8.17. The van der Waals surface area contributed by atoms with Crippen molar-refractivity contribution in [3.63, 3.8) is 0 Å². The Hall–Kier alpha value is -2.63. The van der Waals surface area contributed by atoms with E-state index in [1.165, 1.54) is 0 Å². The maximum absolute atomic E-state index is 12.3. The van der Waals surface area contributed by atoms with Gasteiger partial charge >= 0.3 is 5.97 Å². The molecule has 1 aliphatic rings. The minimum Gasteiger partial charge on any atom is -0.481 e. The Kier molecular flexibility index (Phi) is 4.93. The van der Waals surface area contributed by atoms with Crippen molar-refractivity contribution >= 4 is 11.9 Å². The number of aromatic nitrogens is 1. The topological polar surface area (TPSA) is 92.4 Å². The van der Waals surface area contributed by atoms with Crippen molar-refractivity contribution in [3.8, 4) is 0 Å². The predicted octanol–water partition coefficient (Wildman–Crippen LogP) is 2.23. The Balaban J connectivity index is 1.63. The molecule has 2 N–H and O–H groups in total. The third-order valence-electron chi connectivity index (χ3n) is 4.35. The van der Waals surface area contributed by atoms with Crippen molar-refractivity contribution in [1.82, 2.24) is 10.5 Å². The largest absolute Gasteiger partial charge is 0.481 e. The third kappa shape index (κ3) is 3.64. The first-order chi connectivity index (χ1) is 11.6. The van der Waals surface area contributed by atoms with E-state index >= 15 is 0 Å². The predicted molar refractivity (Wildman–Crippen MR) is 86.8 cm³/mol. The van der Waals surface area contributed by atoms with Crippen molar-refractivity contribution in [3.05, 3.63) is 52.9 Å². The number of carboxylic acids is 1. The van der Waals surface area contributed by atoms with Crippen LogP contribution in [0.2, 0.25) is 0 Å². The van der Waals surface area contributed by atoms with Gasteiger partial charge in [0.1, 0.15) is 5.76 Å². The van der Waals surface area contributed by atoms with Crippen molar-refractivity contribution in [2.45, 2.75) is 32.1 Å². The van der Waals surface area contributed by atoms with Crippen molar-refractivity contribution in [1.29, 1.82) is 0 Å². The van der Waals surface area contributed by atoms with E-state index in [9.17, 15) is 14.7 Å². The second-order valence-corrected chi connectivity index (χ2v) is 6.07. The number of nitrogens with zero attached hydrogens (tertiary/aromatic N) is 1. The van der Waals surface area contributed by atoms with Gasteiger partial charge in [0, 0.05) is 18.5 Å². The maximum atomic E-state index is 12.3. The quantitative estimate of drug-likeness (QED) is 0.848. The number of benzene rings is 1. The first-order valence-electron chi connectivity index (χ1n) is 8.17. The normalized spacial score (nSPS) is 14.7. The molecule has 1 aromatic heterocycles. The number of carbonyl (C=O) groups excluding carboxylic acids is 1. The summed E-state index contributed by atoms with van der Waals surface area (Å²) in [4.78, 5) is 23.8. The zero-order chi connectivity index (χ0) is 16.9. The fraction of sp³-hybridized carbons (Fsp3) is 0.389. The van der Waals surface area contributed by atoms with Crippen LogP contribution in [0.4, 0.5) is 0 Å². The summed E-state index contributed by atoms with van der Waals surface area (Å²) < 4.78 is 5.23. The number of fused-ring (bicyclic) bond motifs is 1. The zero-order valence-electron chi connectivity index (χ0n) is 13.3. The summed E-state index contributed by atoms with van der Waals surface area (Å²) in [6.45, 7) is 0.0602. The molecule has 2 aromatic rings. The van der Waals surface area contributed by atoms with E-state index in [1.54, 1.807) is 0 Å². The van der Waals surface area contributed by atoms with Gasteiger partial charge < -0.3 is 14.9 Å². The molecule has 1 heterocycles. The van der Waals surface area contributed by atoms with Crippen LogP contribution in [0.15, 0.2) is 34.9 Å². The van der Waals surface area contributed by atoms with Crippen molar-refractivity contribution < 1.29 is 19.2 Å². The number of aryl methyl sites for hydroxylation is 1. The van der Waals surface area contributed by atoms with Gasteiger partial charge in [-0.1, -0.05) is 35.5 Å². The summed E-state index contributed by atoms with van der Waals surface area (Å²) in [7, 11) is 0. The molecule has 3 rings (SSSR count). The molecule has 0 aliphatic heterocycles. The van der Waals surface area contributed by atoms with E-state index in [1.807, 2.05) is 30.3 Å². The standard InChI is InChI=1S/C18H20N2O4/c21-17(16-14-8-4-5-9-15(14)24-20-16)19-11-13(18(22)23)10-12-6-2-1-3-7-12/h1-3,6-7,13H,4-5,8-11H2,(H,19,21)(H,22,23). The second-order valence-electron chi connectivity index (χ2n) is 6.07. The summed E-state index contributed by atoms with van der Waals surface area (Å²) in [5, 5.41) is 15.9. The molecule has 1 aliphatic carbocycles. The highest BCUT2D eigenvalue weighted by atomic mass is 16.5. The fourth-order valence-corrected chi connectivity index (χ4v) is 3.01. The molecule has 0 radical (unpaired) electrons. The second kappa shape index (κ2) is 7.29. The Bertz CT molecular complexity index is 724. The Morgan fingerprint density at radius 2 is 1.96 bits per heavy atom. The molecule has 1 unspecified atom stereocenters. The highest BCUT2D eigenvalue weighted by Crippen LogP contribution is 2.24. The number of amides is 1. The van der Waals surface area contributed by atoms with Gasteiger partial charge in [-0.2, -0.15) is 0 Å². The first kappa shape index (κ1) is 16.2. The smallest absolute Gasteiger partial charge is 0.308 e. The summed E-state index contributed by atoms with van der Waals surface area (Å²) in [5.41, 5.74) is 2.10. The number of nitrogens with one attached hydrogen (secondary N) is 1. The Labute approximate surface area is 139 Å². The highest BCUT2D eigenvalue weighted by Gasteiger charge is 2.25. The van der Waals surface area contributed by atoms with Crippen LogP contribution in [0.3, 0.4) is 0 Å². The van der Waals surface area contributed by atoms with Gasteiger partial charge in [-0.05, 0) is 31.2 Å². The van der Waals surface area contributed by atoms with Crippen LogP contribution in [0.25, 0.3) is 0 Å². The van der Waals surface area contributed by atoms with E-state index in [4.69, 9.17) is 4.52 Å². The summed E-state index contributed by atoms with van der Waals surface area (Å²) in [6.07, 6.45) is 4.02. The number of carboxylic acid groups (broad SMARTS) is 1. The highest BCUT2D eigenvalue weighted by molar-refractivity contribution is 5.94. The molecule has 1 atom stereocenters. The summed E-state index contributed by atoms with van der Waals surface area (Å²) in [5.74, 6) is -1.19. The lowest BCUT2D eigenvalue weighted by molar-refractivity contribution is -0.141. The molecule has 126 valence electrons. The van der Waals surface area contributed by atoms with Gasteiger partial charge in [-0.25, -0.2) is 0 Å². The molecule has 0 saturated carbocycles. The third-order valence-corrected chi connectivity index (χ3v) is 4.35. The molecular formula is C18H20N2O4. The van der Waals surface area contributed by atoms with Gasteiger partial charge in [-0.3, -0.25) is 9.59 Å². The number of carbonyl (C=O) groups is 2. The molecule has 0 saturated heterocycles. The number of hydrogen-bond acceptors (Lipinski definition) is 4. The minimum atomic E-state index is -0.929. The lowest BCUT2D eigenvalue weighted by atomic mass is 9.96. The van der Waals surface area contributed by atoms with Crippen LogP contribution < -0.4 is 5.32 Å². The van der Waals surface area contributed by atoms with Crippen molar-refractivity contribution in [2.75, 3.05) is 6.54 Å². The zero-order valence-corrected chi connectivity index (χ0v) is 13.3. The van der Waals surface area contributed by atoms with E-state index in [0.29, 0.717) is 12.1 Å². The fourth-order valence-electron chi connectivity index (χ4n) is 3.01. The molecule has 6 heteroatoms. The average molecular weight is 328 g/mol. The lowest BCUT2D eigenvalue weighted by Crippen LogP contribution is -2.34. The van der Waals surface area contributed by atoms with Crippen LogP contribution in [-0.4, -0.2) is 28.7 Å².